The molecular formula is C4H7BaNaO2. The number of carbonyl (C=O) groups is 1. The first-order chi connectivity index (χ1) is 3.64. The molecule has 0 aliphatic rings. The van der Waals surface area contributed by atoms with Crippen molar-refractivity contribution in [2.24, 2.45) is 0 Å². The predicted molar refractivity (Wildman–Crippen MR) is 35.4 cm³/mol. The van der Waals surface area contributed by atoms with E-state index in [2.05, 4.69) is 6.58 Å². The maximum absolute atomic E-state index is 9.60. The molecular weight excluding hydrogens is 240 g/mol. The Morgan fingerprint density at radius 2 is 1.88 bits per heavy atom. The Bertz CT molecular complexity index is 80.0. The molecule has 0 aliphatic heterocycles. The SMILES string of the molecule is C=C(C)C(=O)O.[Na][BaH]. The van der Waals surface area contributed by atoms with Gasteiger partial charge in [0.15, 0.2) is 0 Å². The first-order valence-corrected chi connectivity index (χ1v) is 23.4. The molecule has 0 fully saturated rings. The Balaban J connectivity index is 0. The second-order valence-corrected chi connectivity index (χ2v) is 1.09. The van der Waals surface area contributed by atoms with Crippen LogP contribution in [0, 0.1) is 0 Å². The van der Waals surface area contributed by atoms with Crippen molar-refractivity contribution in [2.45, 2.75) is 6.92 Å². The summed E-state index contributed by atoms with van der Waals surface area (Å²) in [5.74, 6) is -0.935. The third-order valence-electron chi connectivity index (χ3n) is 0.365. The van der Waals surface area contributed by atoms with Crippen molar-refractivity contribution in [2.75, 3.05) is 0 Å². The van der Waals surface area contributed by atoms with Crippen molar-refractivity contribution >= 4 is 60.3 Å². The van der Waals surface area contributed by atoms with Crippen molar-refractivity contribution < 1.29 is 9.90 Å². The van der Waals surface area contributed by atoms with Gasteiger partial charge in [-0.1, -0.05) is 6.58 Å². The van der Waals surface area contributed by atoms with Gasteiger partial charge in [-0.05, 0) is 6.92 Å². The van der Waals surface area contributed by atoms with Gasteiger partial charge >= 0.3 is 60.3 Å². The second kappa shape index (κ2) is 8.78. The molecule has 38 valence electrons. The van der Waals surface area contributed by atoms with E-state index in [0.717, 1.165) is 38.3 Å². The van der Waals surface area contributed by atoms with Crippen LogP contribution in [0.15, 0.2) is 12.2 Å². The molecule has 8 heavy (non-hydrogen) atoms. The quantitative estimate of drug-likeness (QED) is 0.506. The van der Waals surface area contributed by atoms with Crippen molar-refractivity contribution in [3.05, 3.63) is 12.2 Å². The maximum atomic E-state index is 9.60. The summed E-state index contributed by atoms with van der Waals surface area (Å²) in [6.45, 7) is 4.60. The molecule has 0 atom stereocenters. The second-order valence-electron chi connectivity index (χ2n) is 1.09. The van der Waals surface area contributed by atoms with Crippen molar-refractivity contribution in [3.63, 3.8) is 0 Å². The fourth-order valence-corrected chi connectivity index (χ4v) is 0. The molecule has 0 saturated heterocycles. The van der Waals surface area contributed by atoms with E-state index in [0.29, 0.717) is 0 Å². The van der Waals surface area contributed by atoms with Gasteiger partial charge in [0.25, 0.3) is 0 Å². The van der Waals surface area contributed by atoms with Crippen LogP contribution in [-0.4, -0.2) is 65.4 Å². The summed E-state index contributed by atoms with van der Waals surface area (Å²) in [6.07, 6.45) is 0. The average molecular weight is 247 g/mol. The molecule has 0 rings (SSSR count). The molecule has 0 bridgehead atoms. The summed E-state index contributed by atoms with van der Waals surface area (Å²) < 4.78 is 0. The van der Waals surface area contributed by atoms with Gasteiger partial charge < -0.3 is 5.11 Å². The molecule has 0 amide bonds. The van der Waals surface area contributed by atoms with E-state index in [-0.39, 0.29) is 5.57 Å². The van der Waals surface area contributed by atoms with Gasteiger partial charge in [-0.3, -0.25) is 0 Å². The molecule has 0 aromatic carbocycles. The van der Waals surface area contributed by atoms with Crippen LogP contribution in [0.4, 0.5) is 0 Å². The Morgan fingerprint density at radius 1 is 1.75 bits per heavy atom. The molecule has 0 aliphatic carbocycles. The third kappa shape index (κ3) is 10.7. The summed E-state index contributed by atoms with van der Waals surface area (Å²) in [6, 6.07) is 0. The zero-order valence-electron chi connectivity index (χ0n) is 5.56. The van der Waals surface area contributed by atoms with Crippen LogP contribution in [0.1, 0.15) is 6.92 Å². The molecule has 0 heterocycles. The van der Waals surface area contributed by atoms with Gasteiger partial charge in [0.2, 0.25) is 0 Å². The molecule has 4 heteroatoms. The number of hydrogen-bond acceptors (Lipinski definition) is 1. The van der Waals surface area contributed by atoms with E-state index < -0.39 is 5.97 Å². The Kier molecular flexibility index (Phi) is 13.7. The molecule has 0 aromatic rings. The zero-order chi connectivity index (χ0) is 7.15. The summed E-state index contributed by atoms with van der Waals surface area (Å²) >= 11 is 2.56. The van der Waals surface area contributed by atoms with Crippen LogP contribution in [0.25, 0.3) is 0 Å². The number of rotatable bonds is 1. The first-order valence-electron chi connectivity index (χ1n) is 2.53. The molecule has 0 aromatic heterocycles. The van der Waals surface area contributed by atoms with E-state index in [4.69, 9.17) is 5.11 Å². The van der Waals surface area contributed by atoms with Gasteiger partial charge in [-0.25, -0.2) is 4.79 Å². The van der Waals surface area contributed by atoms with Crippen LogP contribution in [0.2, 0.25) is 0 Å². The topological polar surface area (TPSA) is 37.3 Å². The fraction of sp³-hybridized carbons (Fsp3) is 0.250. The summed E-state index contributed by atoms with van der Waals surface area (Å²) in [5.41, 5.74) is 0.176. The summed E-state index contributed by atoms with van der Waals surface area (Å²) in [5, 5.41) is 7.89. The van der Waals surface area contributed by atoms with Gasteiger partial charge in [0, 0.05) is 5.57 Å². The fourth-order valence-electron chi connectivity index (χ4n) is 0. The Hall–Kier alpha value is 1.78. The molecule has 0 saturated carbocycles. The standard InChI is InChI=1S/C4H6O2.Ba.Na.H/c1-3(2)4(5)6;;;/h1H2,2H3,(H,5,6);;;. The van der Waals surface area contributed by atoms with Crippen molar-refractivity contribution in [3.8, 4) is 0 Å². The summed E-state index contributed by atoms with van der Waals surface area (Å²) in [7, 11) is 0. The van der Waals surface area contributed by atoms with E-state index in [1.165, 1.54) is 22.9 Å². The van der Waals surface area contributed by atoms with Gasteiger partial charge in [-0.2, -0.15) is 0 Å². The Labute approximate surface area is 86.9 Å². The van der Waals surface area contributed by atoms with Gasteiger partial charge in [0.1, 0.15) is 0 Å². The summed E-state index contributed by atoms with van der Waals surface area (Å²) in [4.78, 5) is 9.60. The molecule has 0 spiro atoms. The number of aliphatic carboxylic acids is 1. The average Bonchev–Trinajstić information content (AvgIpc) is 1.72. The molecule has 0 radical (unpaired) electrons. The van der Waals surface area contributed by atoms with Crippen LogP contribution in [0.5, 0.6) is 0 Å². The third-order valence-corrected chi connectivity index (χ3v) is 0.365. The van der Waals surface area contributed by atoms with Crippen molar-refractivity contribution in [1.82, 2.24) is 0 Å². The van der Waals surface area contributed by atoms with Crippen molar-refractivity contribution in [1.29, 1.82) is 0 Å². The van der Waals surface area contributed by atoms with E-state index in [1.807, 2.05) is 0 Å². The number of hydrogen-bond donors (Lipinski definition) is 1. The van der Waals surface area contributed by atoms with Gasteiger partial charge in [-0.15, -0.1) is 0 Å². The minimum absolute atomic E-state index is 0.176. The number of carboxylic acids is 1. The van der Waals surface area contributed by atoms with Crippen LogP contribution < -0.4 is 0 Å². The van der Waals surface area contributed by atoms with E-state index in [1.54, 1.807) is 0 Å². The molecule has 2 nitrogen and oxygen atoms in total. The normalized spacial score (nSPS) is 6.25. The predicted octanol–water partition coefficient (Wildman–Crippen LogP) is -0.382. The first kappa shape index (κ1) is 12.5. The van der Waals surface area contributed by atoms with Gasteiger partial charge in [0.05, 0.1) is 0 Å². The van der Waals surface area contributed by atoms with Crippen LogP contribution >= 0.6 is 0 Å². The van der Waals surface area contributed by atoms with E-state index >= 15 is 0 Å². The Morgan fingerprint density at radius 3 is 1.88 bits per heavy atom. The molecule has 1 N–H and O–H groups in total. The molecule has 0 unspecified atom stereocenters. The number of carboxylic acid groups (broad SMARTS) is 1. The monoisotopic (exact) mass is 248 g/mol. The zero-order valence-corrected chi connectivity index (χ0v) is 13.8. The van der Waals surface area contributed by atoms with Crippen LogP contribution in [-0.2, 0) is 4.79 Å². The van der Waals surface area contributed by atoms with E-state index in [9.17, 15) is 4.79 Å². The minimum atomic E-state index is -0.935. The van der Waals surface area contributed by atoms with Crippen LogP contribution in [0.3, 0.4) is 0 Å².